The first-order chi connectivity index (χ1) is 4.98. The maximum absolute atomic E-state index is 9.74. The summed E-state index contributed by atoms with van der Waals surface area (Å²) in [6.07, 6.45) is 5.04. The molecular formula is C10H20O. The Morgan fingerprint density at radius 2 is 2.00 bits per heavy atom. The highest BCUT2D eigenvalue weighted by Crippen LogP contribution is 2.16. The minimum atomic E-state index is -0.588. The van der Waals surface area contributed by atoms with Crippen LogP contribution in [-0.4, -0.2) is 10.7 Å². The van der Waals surface area contributed by atoms with E-state index in [1.165, 1.54) is 5.57 Å². The van der Waals surface area contributed by atoms with Crippen LogP contribution in [0.1, 0.15) is 47.0 Å². The SMILES string of the molecule is CCCCC(C)(O)C=C(C)C. The van der Waals surface area contributed by atoms with Gasteiger partial charge >= 0.3 is 0 Å². The van der Waals surface area contributed by atoms with E-state index >= 15 is 0 Å². The molecule has 0 aliphatic carbocycles. The summed E-state index contributed by atoms with van der Waals surface area (Å²) in [6, 6.07) is 0. The second-order valence-corrected chi connectivity index (χ2v) is 3.68. The topological polar surface area (TPSA) is 20.2 Å². The van der Waals surface area contributed by atoms with E-state index in [2.05, 4.69) is 6.92 Å². The summed E-state index contributed by atoms with van der Waals surface area (Å²) in [5.74, 6) is 0. The maximum Gasteiger partial charge on any atom is 0.0802 e. The van der Waals surface area contributed by atoms with E-state index in [1.807, 2.05) is 26.8 Å². The Morgan fingerprint density at radius 3 is 2.36 bits per heavy atom. The number of allylic oxidation sites excluding steroid dienone is 1. The molecule has 0 amide bonds. The second-order valence-electron chi connectivity index (χ2n) is 3.68. The van der Waals surface area contributed by atoms with Gasteiger partial charge in [0.05, 0.1) is 5.60 Å². The number of aliphatic hydroxyl groups is 1. The molecule has 11 heavy (non-hydrogen) atoms. The molecule has 66 valence electrons. The van der Waals surface area contributed by atoms with Gasteiger partial charge in [-0.3, -0.25) is 0 Å². The fourth-order valence-corrected chi connectivity index (χ4v) is 1.23. The van der Waals surface area contributed by atoms with Gasteiger partial charge in [0.2, 0.25) is 0 Å². The van der Waals surface area contributed by atoms with E-state index in [-0.39, 0.29) is 0 Å². The molecule has 0 aromatic rings. The Bertz CT molecular complexity index is 130. The first-order valence-corrected chi connectivity index (χ1v) is 4.36. The molecule has 0 aromatic heterocycles. The van der Waals surface area contributed by atoms with E-state index in [0.717, 1.165) is 19.3 Å². The number of rotatable bonds is 4. The van der Waals surface area contributed by atoms with Crippen molar-refractivity contribution in [2.75, 3.05) is 0 Å². The molecule has 0 aromatic carbocycles. The van der Waals surface area contributed by atoms with Gasteiger partial charge in [0, 0.05) is 0 Å². The van der Waals surface area contributed by atoms with Crippen molar-refractivity contribution in [3.05, 3.63) is 11.6 Å². The van der Waals surface area contributed by atoms with Crippen molar-refractivity contribution in [2.24, 2.45) is 0 Å². The summed E-state index contributed by atoms with van der Waals surface area (Å²) in [5, 5.41) is 9.74. The van der Waals surface area contributed by atoms with Crippen LogP contribution in [0.15, 0.2) is 11.6 Å². The van der Waals surface area contributed by atoms with Crippen molar-refractivity contribution >= 4 is 0 Å². The molecule has 0 aliphatic rings. The zero-order valence-corrected chi connectivity index (χ0v) is 8.15. The predicted molar refractivity (Wildman–Crippen MR) is 49.6 cm³/mol. The van der Waals surface area contributed by atoms with Crippen molar-refractivity contribution in [1.82, 2.24) is 0 Å². The Kier molecular flexibility index (Phi) is 4.43. The molecule has 0 fully saturated rings. The third-order valence-corrected chi connectivity index (χ3v) is 1.64. The molecule has 1 heteroatoms. The summed E-state index contributed by atoms with van der Waals surface area (Å²) in [4.78, 5) is 0. The van der Waals surface area contributed by atoms with Gasteiger partial charge in [-0.25, -0.2) is 0 Å². The first kappa shape index (κ1) is 10.7. The van der Waals surface area contributed by atoms with Crippen LogP contribution in [0.25, 0.3) is 0 Å². The first-order valence-electron chi connectivity index (χ1n) is 4.36. The number of unbranched alkanes of at least 4 members (excludes halogenated alkanes) is 1. The molecule has 0 saturated carbocycles. The van der Waals surface area contributed by atoms with Crippen LogP contribution in [0.2, 0.25) is 0 Å². The summed E-state index contributed by atoms with van der Waals surface area (Å²) in [5.41, 5.74) is 0.598. The predicted octanol–water partition coefficient (Wildman–Crippen LogP) is 2.89. The second kappa shape index (κ2) is 4.55. The Hall–Kier alpha value is -0.300. The fraction of sp³-hybridized carbons (Fsp3) is 0.800. The molecule has 1 atom stereocenters. The van der Waals surface area contributed by atoms with Crippen LogP contribution >= 0.6 is 0 Å². The Morgan fingerprint density at radius 1 is 1.45 bits per heavy atom. The number of hydrogen-bond acceptors (Lipinski definition) is 1. The van der Waals surface area contributed by atoms with E-state index in [0.29, 0.717) is 0 Å². The van der Waals surface area contributed by atoms with Crippen molar-refractivity contribution < 1.29 is 5.11 Å². The standard InChI is InChI=1S/C10H20O/c1-5-6-7-10(4,11)8-9(2)3/h8,11H,5-7H2,1-4H3. The molecular weight excluding hydrogens is 136 g/mol. The van der Waals surface area contributed by atoms with Crippen molar-refractivity contribution in [2.45, 2.75) is 52.6 Å². The van der Waals surface area contributed by atoms with Crippen LogP contribution in [0, 0.1) is 0 Å². The minimum Gasteiger partial charge on any atom is -0.386 e. The van der Waals surface area contributed by atoms with Gasteiger partial charge in [0.1, 0.15) is 0 Å². The average molecular weight is 156 g/mol. The molecule has 1 unspecified atom stereocenters. The van der Waals surface area contributed by atoms with Gasteiger partial charge in [-0.05, 0) is 27.2 Å². The molecule has 0 spiro atoms. The van der Waals surface area contributed by atoms with Gasteiger partial charge in [-0.2, -0.15) is 0 Å². The lowest BCUT2D eigenvalue weighted by atomic mass is 9.97. The van der Waals surface area contributed by atoms with E-state index in [4.69, 9.17) is 0 Å². The minimum absolute atomic E-state index is 0.588. The summed E-state index contributed by atoms with van der Waals surface area (Å²) in [6.45, 7) is 8.04. The highest BCUT2D eigenvalue weighted by Gasteiger charge is 2.14. The van der Waals surface area contributed by atoms with Crippen molar-refractivity contribution in [3.8, 4) is 0 Å². The normalized spacial score (nSPS) is 15.7. The third kappa shape index (κ3) is 6.11. The highest BCUT2D eigenvalue weighted by molar-refractivity contribution is 5.04. The fourth-order valence-electron chi connectivity index (χ4n) is 1.23. The largest absolute Gasteiger partial charge is 0.386 e. The third-order valence-electron chi connectivity index (χ3n) is 1.64. The van der Waals surface area contributed by atoms with Crippen LogP contribution in [-0.2, 0) is 0 Å². The highest BCUT2D eigenvalue weighted by atomic mass is 16.3. The molecule has 0 saturated heterocycles. The summed E-state index contributed by atoms with van der Waals surface area (Å²) < 4.78 is 0. The number of hydrogen-bond donors (Lipinski definition) is 1. The van der Waals surface area contributed by atoms with E-state index in [9.17, 15) is 5.11 Å². The molecule has 0 bridgehead atoms. The van der Waals surface area contributed by atoms with Gasteiger partial charge in [0.15, 0.2) is 0 Å². The zero-order valence-electron chi connectivity index (χ0n) is 8.15. The summed E-state index contributed by atoms with van der Waals surface area (Å²) >= 11 is 0. The van der Waals surface area contributed by atoms with E-state index < -0.39 is 5.60 Å². The van der Waals surface area contributed by atoms with Gasteiger partial charge in [0.25, 0.3) is 0 Å². The average Bonchev–Trinajstić information content (AvgIpc) is 1.81. The van der Waals surface area contributed by atoms with Gasteiger partial charge in [-0.15, -0.1) is 0 Å². The van der Waals surface area contributed by atoms with Crippen LogP contribution in [0.5, 0.6) is 0 Å². The quantitative estimate of drug-likeness (QED) is 0.620. The van der Waals surface area contributed by atoms with Gasteiger partial charge < -0.3 is 5.11 Å². The monoisotopic (exact) mass is 156 g/mol. The molecule has 0 radical (unpaired) electrons. The Balaban J connectivity index is 3.90. The molecule has 1 N–H and O–H groups in total. The zero-order chi connectivity index (χ0) is 8.91. The van der Waals surface area contributed by atoms with Crippen molar-refractivity contribution in [1.29, 1.82) is 0 Å². The molecule has 0 rings (SSSR count). The van der Waals surface area contributed by atoms with E-state index in [1.54, 1.807) is 0 Å². The van der Waals surface area contributed by atoms with Crippen molar-refractivity contribution in [3.63, 3.8) is 0 Å². The van der Waals surface area contributed by atoms with Gasteiger partial charge in [-0.1, -0.05) is 31.4 Å². The lowest BCUT2D eigenvalue weighted by Crippen LogP contribution is -2.20. The van der Waals surface area contributed by atoms with Crippen LogP contribution in [0.3, 0.4) is 0 Å². The maximum atomic E-state index is 9.74. The smallest absolute Gasteiger partial charge is 0.0802 e. The summed E-state index contributed by atoms with van der Waals surface area (Å²) in [7, 11) is 0. The lowest BCUT2D eigenvalue weighted by molar-refractivity contribution is 0.0983. The molecule has 1 nitrogen and oxygen atoms in total. The molecule has 0 aliphatic heterocycles. The lowest BCUT2D eigenvalue weighted by Gasteiger charge is -2.18. The van der Waals surface area contributed by atoms with Crippen LogP contribution < -0.4 is 0 Å². The molecule has 0 heterocycles. The van der Waals surface area contributed by atoms with Crippen LogP contribution in [0.4, 0.5) is 0 Å². The Labute approximate surface area is 70.1 Å².